The Bertz CT molecular complexity index is 208. The average Bonchev–Trinajstić information content (AvgIpc) is 2.57. The van der Waals surface area contributed by atoms with Gasteiger partial charge >= 0.3 is 5.97 Å². The largest absolute Gasteiger partial charge is 0.461 e. The molecule has 0 amide bonds. The highest BCUT2D eigenvalue weighted by Crippen LogP contribution is 2.09. The first-order chi connectivity index (χ1) is 6.24. The van der Waals surface area contributed by atoms with Crippen LogP contribution in [-0.2, 0) is 19.0 Å². The third-order valence-corrected chi connectivity index (χ3v) is 1.40. The zero-order valence-electron chi connectivity index (χ0n) is 7.29. The molecular formula is C8H11FO4. The molecule has 0 aromatic carbocycles. The van der Waals surface area contributed by atoms with Crippen LogP contribution < -0.4 is 0 Å². The molecule has 0 aromatic heterocycles. The van der Waals surface area contributed by atoms with Crippen molar-refractivity contribution in [3.8, 4) is 0 Å². The summed E-state index contributed by atoms with van der Waals surface area (Å²) >= 11 is 0. The minimum absolute atomic E-state index is 0.145. The Kier molecular flexibility index (Phi) is 3.85. The molecule has 0 atom stereocenters. The molecule has 1 fully saturated rings. The summed E-state index contributed by atoms with van der Waals surface area (Å²) in [5, 5.41) is 0. The second-order valence-electron chi connectivity index (χ2n) is 2.35. The molecule has 1 aliphatic rings. The Morgan fingerprint density at radius 1 is 1.62 bits per heavy atom. The first-order valence-corrected chi connectivity index (χ1v) is 4.01. The first-order valence-electron chi connectivity index (χ1n) is 4.01. The number of esters is 1. The van der Waals surface area contributed by atoms with Crippen LogP contribution in [0.15, 0.2) is 11.9 Å². The van der Waals surface area contributed by atoms with Crippen LogP contribution in [0.2, 0.25) is 0 Å². The van der Waals surface area contributed by atoms with Crippen LogP contribution in [-0.4, -0.2) is 32.1 Å². The third-order valence-electron chi connectivity index (χ3n) is 1.40. The molecule has 1 rings (SSSR count). The topological polar surface area (TPSA) is 44.8 Å². The predicted molar refractivity (Wildman–Crippen MR) is 41.5 cm³/mol. The molecular weight excluding hydrogens is 179 g/mol. The lowest BCUT2D eigenvalue weighted by Gasteiger charge is -2.03. The smallest absolute Gasteiger partial charge is 0.367 e. The fourth-order valence-electron chi connectivity index (χ4n) is 0.860. The Morgan fingerprint density at radius 3 is 2.77 bits per heavy atom. The van der Waals surface area contributed by atoms with Crippen LogP contribution in [0, 0.1) is 0 Å². The first kappa shape index (κ1) is 10.1. The summed E-state index contributed by atoms with van der Waals surface area (Å²) < 4.78 is 27.1. The van der Waals surface area contributed by atoms with Gasteiger partial charge in [0.05, 0.1) is 19.8 Å². The highest BCUT2D eigenvalue weighted by molar-refractivity contribution is 5.85. The Hall–Kier alpha value is -0.940. The zero-order valence-corrected chi connectivity index (χ0v) is 7.29. The molecule has 4 nitrogen and oxygen atoms in total. The van der Waals surface area contributed by atoms with Crippen LogP contribution in [0.3, 0.4) is 0 Å². The Balaban J connectivity index is 2.44. The van der Waals surface area contributed by atoms with Crippen molar-refractivity contribution in [2.24, 2.45) is 0 Å². The van der Waals surface area contributed by atoms with Crippen molar-refractivity contribution in [2.45, 2.75) is 13.2 Å². The number of carbonyl (C=O) groups excluding carboxylic acids is 1. The summed E-state index contributed by atoms with van der Waals surface area (Å²) in [5.74, 6) is -1.96. The monoisotopic (exact) mass is 190 g/mol. The van der Waals surface area contributed by atoms with Gasteiger partial charge in [0.25, 0.3) is 0 Å². The summed E-state index contributed by atoms with van der Waals surface area (Å²) in [6, 6.07) is 0. The van der Waals surface area contributed by atoms with E-state index < -0.39 is 18.1 Å². The number of carbonyl (C=O) groups is 1. The molecule has 0 N–H and O–H groups in total. The van der Waals surface area contributed by atoms with E-state index >= 15 is 0 Å². The summed E-state index contributed by atoms with van der Waals surface area (Å²) in [6.45, 7) is 2.58. The van der Waals surface area contributed by atoms with Crippen molar-refractivity contribution in [3.63, 3.8) is 0 Å². The number of hydrogen-bond donors (Lipinski definition) is 0. The van der Waals surface area contributed by atoms with Gasteiger partial charge in [-0.1, -0.05) is 0 Å². The highest BCUT2D eigenvalue weighted by Gasteiger charge is 2.18. The van der Waals surface area contributed by atoms with Gasteiger partial charge < -0.3 is 14.2 Å². The second kappa shape index (κ2) is 4.94. The van der Waals surface area contributed by atoms with E-state index in [1.165, 1.54) is 0 Å². The molecule has 0 unspecified atom stereocenters. The standard InChI is InChI=1S/C8H11FO4/c1-2-11-8(10)6(9)5-7-12-3-4-13-7/h5,7H,2-4H2,1H3/b6-5-. The molecule has 0 radical (unpaired) electrons. The van der Waals surface area contributed by atoms with Crippen molar-refractivity contribution >= 4 is 5.97 Å². The quantitative estimate of drug-likeness (QED) is 0.487. The maximum absolute atomic E-state index is 12.9. The van der Waals surface area contributed by atoms with Gasteiger partial charge in [-0.3, -0.25) is 0 Å². The van der Waals surface area contributed by atoms with E-state index in [4.69, 9.17) is 9.47 Å². The summed E-state index contributed by atoms with van der Waals surface area (Å²) in [7, 11) is 0. The normalized spacial score (nSPS) is 19.1. The minimum Gasteiger partial charge on any atom is -0.461 e. The minimum atomic E-state index is -0.985. The SMILES string of the molecule is CCOC(=O)/C(F)=C/C1OCCO1. The molecule has 0 saturated carbocycles. The van der Waals surface area contributed by atoms with Crippen LogP contribution >= 0.6 is 0 Å². The zero-order chi connectivity index (χ0) is 9.68. The maximum Gasteiger partial charge on any atom is 0.367 e. The summed E-state index contributed by atoms with van der Waals surface area (Å²) in [4.78, 5) is 10.8. The van der Waals surface area contributed by atoms with Crippen LogP contribution in [0.4, 0.5) is 4.39 Å². The van der Waals surface area contributed by atoms with Gasteiger partial charge in [0.15, 0.2) is 6.29 Å². The molecule has 0 spiro atoms. The maximum atomic E-state index is 12.9. The number of ether oxygens (including phenoxy) is 3. The van der Waals surface area contributed by atoms with E-state index in [9.17, 15) is 9.18 Å². The Labute approximate surface area is 75.3 Å². The molecule has 5 heteroatoms. The molecule has 0 aromatic rings. The fraction of sp³-hybridized carbons (Fsp3) is 0.625. The molecule has 1 aliphatic heterocycles. The van der Waals surface area contributed by atoms with E-state index in [2.05, 4.69) is 4.74 Å². The van der Waals surface area contributed by atoms with E-state index in [0.29, 0.717) is 13.2 Å². The third kappa shape index (κ3) is 3.12. The van der Waals surface area contributed by atoms with Gasteiger partial charge in [0.1, 0.15) is 0 Å². The van der Waals surface area contributed by atoms with Gasteiger partial charge in [-0.25, -0.2) is 4.79 Å². The van der Waals surface area contributed by atoms with E-state index in [1.807, 2.05) is 0 Å². The van der Waals surface area contributed by atoms with Crippen LogP contribution in [0.5, 0.6) is 0 Å². The van der Waals surface area contributed by atoms with Gasteiger partial charge in [-0.15, -0.1) is 0 Å². The fourth-order valence-corrected chi connectivity index (χ4v) is 0.860. The molecule has 0 aliphatic carbocycles. The summed E-state index contributed by atoms with van der Waals surface area (Å²) in [5.41, 5.74) is 0. The molecule has 74 valence electrons. The van der Waals surface area contributed by atoms with Crippen molar-refractivity contribution in [1.29, 1.82) is 0 Å². The highest BCUT2D eigenvalue weighted by atomic mass is 19.1. The molecule has 0 bridgehead atoms. The number of rotatable bonds is 3. The Morgan fingerprint density at radius 2 is 2.23 bits per heavy atom. The van der Waals surface area contributed by atoms with Gasteiger partial charge in [0, 0.05) is 6.08 Å². The van der Waals surface area contributed by atoms with E-state index in [1.54, 1.807) is 6.92 Å². The lowest BCUT2D eigenvalue weighted by atomic mass is 10.4. The van der Waals surface area contributed by atoms with Crippen molar-refractivity contribution < 1.29 is 23.4 Å². The second-order valence-corrected chi connectivity index (χ2v) is 2.35. The van der Waals surface area contributed by atoms with Crippen molar-refractivity contribution in [3.05, 3.63) is 11.9 Å². The molecule has 1 saturated heterocycles. The number of hydrogen-bond acceptors (Lipinski definition) is 4. The lowest BCUT2D eigenvalue weighted by molar-refractivity contribution is -0.140. The summed E-state index contributed by atoms with van der Waals surface area (Å²) in [6.07, 6.45) is 0.203. The van der Waals surface area contributed by atoms with Crippen molar-refractivity contribution in [2.75, 3.05) is 19.8 Å². The molecule has 13 heavy (non-hydrogen) atoms. The predicted octanol–water partition coefficient (Wildman–Crippen LogP) is 0.776. The van der Waals surface area contributed by atoms with Gasteiger partial charge in [0.2, 0.25) is 5.83 Å². The van der Waals surface area contributed by atoms with E-state index in [-0.39, 0.29) is 6.61 Å². The van der Waals surface area contributed by atoms with Gasteiger partial charge in [-0.2, -0.15) is 4.39 Å². The van der Waals surface area contributed by atoms with Crippen molar-refractivity contribution in [1.82, 2.24) is 0 Å². The van der Waals surface area contributed by atoms with Crippen LogP contribution in [0.25, 0.3) is 0 Å². The molecule has 1 heterocycles. The lowest BCUT2D eigenvalue weighted by Crippen LogP contribution is -2.09. The number of halogens is 1. The van der Waals surface area contributed by atoms with E-state index in [0.717, 1.165) is 6.08 Å². The average molecular weight is 190 g/mol. The van der Waals surface area contributed by atoms with Gasteiger partial charge in [-0.05, 0) is 6.92 Å². The van der Waals surface area contributed by atoms with Crippen LogP contribution in [0.1, 0.15) is 6.92 Å².